The van der Waals surface area contributed by atoms with Crippen molar-refractivity contribution in [2.24, 2.45) is 18.9 Å². The number of piperazine rings is 1. The molecule has 2 aliphatic rings. The molecule has 0 radical (unpaired) electrons. The molecule has 5 nitrogen and oxygen atoms in total. The number of hydrogen-bond donors (Lipinski definition) is 1. The predicted molar refractivity (Wildman–Crippen MR) is 83.8 cm³/mol. The summed E-state index contributed by atoms with van der Waals surface area (Å²) in [4.78, 5) is 2.66. The molecule has 21 heavy (non-hydrogen) atoms. The molecule has 118 valence electrons. The summed E-state index contributed by atoms with van der Waals surface area (Å²) in [5.74, 6) is 1.59. The minimum Gasteiger partial charge on any atom is -0.311 e. The first-order chi connectivity index (χ1) is 9.97. The molecule has 0 amide bonds. The summed E-state index contributed by atoms with van der Waals surface area (Å²) in [6, 6.07) is 0.605. The van der Waals surface area contributed by atoms with Crippen molar-refractivity contribution >= 4 is 0 Å². The lowest BCUT2D eigenvalue weighted by Crippen LogP contribution is -2.64. The van der Waals surface area contributed by atoms with Crippen molar-refractivity contribution in [1.82, 2.24) is 25.2 Å². The average Bonchev–Trinajstić information content (AvgIpc) is 3.18. The molecule has 1 aliphatic heterocycles. The molecule has 1 saturated carbocycles. The lowest BCUT2D eigenvalue weighted by molar-refractivity contribution is 0.0228. The van der Waals surface area contributed by atoms with Gasteiger partial charge in [0, 0.05) is 44.5 Å². The lowest BCUT2D eigenvalue weighted by Gasteiger charge is -2.49. The predicted octanol–water partition coefficient (Wildman–Crippen LogP) is 1.80. The van der Waals surface area contributed by atoms with Crippen LogP contribution in [0, 0.1) is 11.8 Å². The molecular formula is C16H29N5. The van der Waals surface area contributed by atoms with Gasteiger partial charge in [0.15, 0.2) is 0 Å². The number of aromatic nitrogens is 3. The molecule has 2 fully saturated rings. The van der Waals surface area contributed by atoms with E-state index in [1.54, 1.807) is 4.68 Å². The van der Waals surface area contributed by atoms with E-state index in [-0.39, 0.29) is 5.54 Å². The second-order valence-corrected chi connectivity index (χ2v) is 7.60. The Morgan fingerprint density at radius 2 is 2.19 bits per heavy atom. The number of nitrogens with one attached hydrogen (secondary N) is 1. The monoisotopic (exact) mass is 291 g/mol. The molecule has 2 heterocycles. The smallest absolute Gasteiger partial charge is 0.0967 e. The van der Waals surface area contributed by atoms with E-state index in [1.165, 1.54) is 19.3 Å². The summed E-state index contributed by atoms with van der Waals surface area (Å²) in [5, 5.41) is 12.2. The molecule has 1 N–H and O–H groups in total. The largest absolute Gasteiger partial charge is 0.311 e. The third-order valence-electron chi connectivity index (χ3n) is 5.13. The first-order valence-electron chi connectivity index (χ1n) is 8.31. The highest BCUT2D eigenvalue weighted by Gasteiger charge is 2.48. The van der Waals surface area contributed by atoms with Crippen molar-refractivity contribution in [3.63, 3.8) is 0 Å². The highest BCUT2D eigenvalue weighted by atomic mass is 15.4. The Kier molecular flexibility index (Phi) is 4.06. The van der Waals surface area contributed by atoms with Gasteiger partial charge in [-0.3, -0.25) is 9.58 Å². The maximum absolute atomic E-state index is 4.29. The third kappa shape index (κ3) is 3.29. The van der Waals surface area contributed by atoms with Gasteiger partial charge in [-0.15, -0.1) is 5.10 Å². The van der Waals surface area contributed by atoms with Crippen molar-refractivity contribution in [2.75, 3.05) is 13.1 Å². The Morgan fingerprint density at radius 3 is 2.76 bits per heavy atom. The number of nitrogens with zero attached hydrogens (tertiary/aromatic N) is 4. The topological polar surface area (TPSA) is 46.0 Å². The van der Waals surface area contributed by atoms with Crippen LogP contribution < -0.4 is 5.32 Å². The maximum atomic E-state index is 4.29. The molecule has 1 saturated heterocycles. The van der Waals surface area contributed by atoms with Crippen LogP contribution in [0.15, 0.2) is 6.20 Å². The normalized spacial score (nSPS) is 31.0. The summed E-state index contributed by atoms with van der Waals surface area (Å²) < 4.78 is 1.80. The summed E-state index contributed by atoms with van der Waals surface area (Å²) in [6.07, 6.45) is 6.05. The van der Waals surface area contributed by atoms with Gasteiger partial charge in [0.25, 0.3) is 0 Å². The fourth-order valence-corrected chi connectivity index (χ4v) is 3.75. The van der Waals surface area contributed by atoms with Crippen molar-refractivity contribution in [1.29, 1.82) is 0 Å². The highest BCUT2D eigenvalue weighted by molar-refractivity contribution is 5.07. The molecule has 1 aromatic rings. The van der Waals surface area contributed by atoms with E-state index in [9.17, 15) is 0 Å². The zero-order valence-corrected chi connectivity index (χ0v) is 13.8. The van der Waals surface area contributed by atoms with Gasteiger partial charge in [0.05, 0.1) is 5.69 Å². The van der Waals surface area contributed by atoms with Crippen LogP contribution in [0.2, 0.25) is 0 Å². The van der Waals surface area contributed by atoms with Gasteiger partial charge < -0.3 is 5.32 Å². The fraction of sp³-hybridized carbons (Fsp3) is 0.875. The summed E-state index contributed by atoms with van der Waals surface area (Å²) in [6.45, 7) is 10.2. The Morgan fingerprint density at radius 1 is 1.43 bits per heavy atom. The summed E-state index contributed by atoms with van der Waals surface area (Å²) in [7, 11) is 1.94. The van der Waals surface area contributed by atoms with Crippen molar-refractivity contribution in [3.05, 3.63) is 11.9 Å². The lowest BCUT2D eigenvalue weighted by atomic mass is 9.87. The van der Waals surface area contributed by atoms with Crippen LogP contribution in [0.5, 0.6) is 0 Å². The Balaban J connectivity index is 1.73. The Labute approximate surface area is 128 Å². The Hall–Kier alpha value is -0.940. The minimum atomic E-state index is 0.283. The molecule has 0 spiro atoms. The maximum Gasteiger partial charge on any atom is 0.0967 e. The third-order valence-corrected chi connectivity index (χ3v) is 5.13. The zero-order valence-electron chi connectivity index (χ0n) is 13.8. The van der Waals surface area contributed by atoms with Gasteiger partial charge in [0.2, 0.25) is 0 Å². The van der Waals surface area contributed by atoms with E-state index in [0.29, 0.717) is 6.04 Å². The van der Waals surface area contributed by atoms with E-state index in [1.807, 2.05) is 13.2 Å². The highest BCUT2D eigenvalue weighted by Crippen LogP contribution is 2.44. The first-order valence-corrected chi connectivity index (χ1v) is 8.31. The van der Waals surface area contributed by atoms with Gasteiger partial charge in [-0.1, -0.05) is 19.1 Å². The molecule has 2 unspecified atom stereocenters. The van der Waals surface area contributed by atoms with Crippen LogP contribution in [0.25, 0.3) is 0 Å². The molecule has 2 atom stereocenters. The summed E-state index contributed by atoms with van der Waals surface area (Å²) in [5.41, 5.74) is 1.37. The van der Waals surface area contributed by atoms with Crippen LogP contribution in [-0.4, -0.2) is 44.6 Å². The van der Waals surface area contributed by atoms with Gasteiger partial charge in [-0.05, 0) is 38.0 Å². The van der Waals surface area contributed by atoms with Crippen LogP contribution in [-0.2, 0) is 13.6 Å². The van der Waals surface area contributed by atoms with Crippen molar-refractivity contribution in [2.45, 2.75) is 58.2 Å². The van der Waals surface area contributed by atoms with E-state index >= 15 is 0 Å². The van der Waals surface area contributed by atoms with Crippen molar-refractivity contribution < 1.29 is 0 Å². The van der Waals surface area contributed by atoms with Crippen LogP contribution in [0.1, 0.15) is 45.7 Å². The van der Waals surface area contributed by atoms with Gasteiger partial charge in [-0.2, -0.15) is 0 Å². The van der Waals surface area contributed by atoms with E-state index in [4.69, 9.17) is 0 Å². The van der Waals surface area contributed by atoms with Crippen LogP contribution in [0.3, 0.4) is 0 Å². The molecule has 0 bridgehead atoms. The number of hydrogen-bond acceptors (Lipinski definition) is 4. The van der Waals surface area contributed by atoms with Crippen LogP contribution >= 0.6 is 0 Å². The minimum absolute atomic E-state index is 0.283. The van der Waals surface area contributed by atoms with Gasteiger partial charge in [-0.25, -0.2) is 0 Å². The molecule has 1 aliphatic carbocycles. The van der Waals surface area contributed by atoms with E-state index in [2.05, 4.69) is 41.3 Å². The van der Waals surface area contributed by atoms with E-state index < -0.39 is 0 Å². The zero-order chi connectivity index (χ0) is 15.0. The first kappa shape index (κ1) is 15.0. The fourth-order valence-electron chi connectivity index (χ4n) is 3.75. The molecule has 1 aromatic heterocycles. The molecule has 5 heteroatoms. The standard InChI is InChI=1S/C16H29N5/c1-12(2)7-14-9-21(10-15-8-20(4)19-18-15)16(3,11-17-14)13-5-6-13/h8,12-14,17H,5-7,9-11H2,1-4H3. The average molecular weight is 291 g/mol. The second-order valence-electron chi connectivity index (χ2n) is 7.60. The Bertz CT molecular complexity index is 479. The van der Waals surface area contributed by atoms with Gasteiger partial charge >= 0.3 is 0 Å². The summed E-state index contributed by atoms with van der Waals surface area (Å²) >= 11 is 0. The number of rotatable bonds is 5. The molecular weight excluding hydrogens is 262 g/mol. The SMILES string of the molecule is CC(C)CC1CN(Cc2cn(C)nn2)C(C)(C2CC2)CN1. The molecule has 3 rings (SSSR count). The quantitative estimate of drug-likeness (QED) is 0.898. The molecule has 0 aromatic carbocycles. The van der Waals surface area contributed by atoms with E-state index in [0.717, 1.165) is 37.2 Å². The van der Waals surface area contributed by atoms with Gasteiger partial charge in [0.1, 0.15) is 0 Å². The van der Waals surface area contributed by atoms with Crippen LogP contribution in [0.4, 0.5) is 0 Å². The second kappa shape index (κ2) is 5.69. The van der Waals surface area contributed by atoms with Crippen molar-refractivity contribution in [3.8, 4) is 0 Å². The number of aryl methyl sites for hydroxylation is 1.